The molecule has 0 saturated carbocycles. The standard InChI is InChI=1S/C13H16N4O/c1-16-7-3-4-10(8-16)13-15-14-12-6-2-5-11(9-18)17(12)13/h2,5-6,9-10H,3-4,7-8H2,1H3. The first-order valence-corrected chi connectivity index (χ1v) is 6.27. The highest BCUT2D eigenvalue weighted by molar-refractivity contribution is 5.74. The molecule has 0 N–H and O–H groups in total. The van der Waals surface area contributed by atoms with Crippen molar-refractivity contribution < 1.29 is 4.79 Å². The number of aldehydes is 1. The Labute approximate surface area is 105 Å². The van der Waals surface area contributed by atoms with E-state index in [-0.39, 0.29) is 0 Å². The Morgan fingerprint density at radius 3 is 3.06 bits per heavy atom. The first-order chi connectivity index (χ1) is 8.79. The summed E-state index contributed by atoms with van der Waals surface area (Å²) in [5, 5.41) is 8.45. The van der Waals surface area contributed by atoms with Crippen molar-refractivity contribution in [3.05, 3.63) is 29.7 Å². The van der Waals surface area contributed by atoms with Crippen LogP contribution in [0.1, 0.15) is 35.1 Å². The van der Waals surface area contributed by atoms with E-state index in [1.807, 2.05) is 16.5 Å². The Morgan fingerprint density at radius 1 is 1.39 bits per heavy atom. The van der Waals surface area contributed by atoms with Gasteiger partial charge < -0.3 is 4.90 Å². The maximum Gasteiger partial charge on any atom is 0.166 e. The fraction of sp³-hybridized carbons (Fsp3) is 0.462. The molecule has 0 spiro atoms. The molecular weight excluding hydrogens is 228 g/mol. The van der Waals surface area contributed by atoms with Gasteiger partial charge in [-0.15, -0.1) is 10.2 Å². The second-order valence-corrected chi connectivity index (χ2v) is 4.92. The molecule has 1 atom stereocenters. The van der Waals surface area contributed by atoms with Crippen molar-refractivity contribution in [3.63, 3.8) is 0 Å². The van der Waals surface area contributed by atoms with Crippen LogP contribution in [0.4, 0.5) is 0 Å². The normalized spacial score (nSPS) is 21.3. The zero-order valence-corrected chi connectivity index (χ0v) is 10.4. The molecule has 1 unspecified atom stereocenters. The van der Waals surface area contributed by atoms with E-state index in [4.69, 9.17) is 0 Å². The average molecular weight is 244 g/mol. The molecular formula is C13H16N4O. The monoisotopic (exact) mass is 244 g/mol. The molecule has 0 aromatic carbocycles. The van der Waals surface area contributed by atoms with Crippen LogP contribution in [0.25, 0.3) is 5.65 Å². The third kappa shape index (κ3) is 1.80. The molecule has 3 heterocycles. The summed E-state index contributed by atoms with van der Waals surface area (Å²) in [5.41, 5.74) is 1.38. The van der Waals surface area contributed by atoms with Gasteiger partial charge in [0.25, 0.3) is 0 Å². The van der Waals surface area contributed by atoms with Crippen LogP contribution in [0.15, 0.2) is 18.2 Å². The molecule has 1 saturated heterocycles. The summed E-state index contributed by atoms with van der Waals surface area (Å²) in [5.74, 6) is 1.28. The van der Waals surface area contributed by atoms with Gasteiger partial charge in [-0.05, 0) is 38.6 Å². The molecule has 94 valence electrons. The molecule has 0 aliphatic carbocycles. The highest BCUT2D eigenvalue weighted by Crippen LogP contribution is 2.25. The number of nitrogens with zero attached hydrogens (tertiary/aromatic N) is 4. The highest BCUT2D eigenvalue weighted by atomic mass is 16.1. The fourth-order valence-electron chi connectivity index (χ4n) is 2.72. The second-order valence-electron chi connectivity index (χ2n) is 4.92. The fourth-order valence-corrected chi connectivity index (χ4v) is 2.72. The molecule has 5 heteroatoms. The molecule has 1 fully saturated rings. The van der Waals surface area contributed by atoms with Crippen LogP contribution < -0.4 is 0 Å². The lowest BCUT2D eigenvalue weighted by Crippen LogP contribution is -2.31. The van der Waals surface area contributed by atoms with Gasteiger partial charge in [0.15, 0.2) is 11.9 Å². The number of fused-ring (bicyclic) bond motifs is 1. The van der Waals surface area contributed by atoms with Crippen LogP contribution in [0, 0.1) is 0 Å². The number of likely N-dealkylation sites (tertiary alicyclic amines) is 1. The molecule has 2 aromatic rings. The van der Waals surface area contributed by atoms with Crippen molar-refractivity contribution in [2.45, 2.75) is 18.8 Å². The van der Waals surface area contributed by atoms with E-state index in [9.17, 15) is 4.79 Å². The van der Waals surface area contributed by atoms with Crippen molar-refractivity contribution in [3.8, 4) is 0 Å². The Bertz CT molecular complexity index is 577. The first kappa shape index (κ1) is 11.3. The molecule has 18 heavy (non-hydrogen) atoms. The topological polar surface area (TPSA) is 50.5 Å². The van der Waals surface area contributed by atoms with Crippen molar-refractivity contribution in [1.82, 2.24) is 19.5 Å². The molecule has 3 rings (SSSR count). The predicted octanol–water partition coefficient (Wildman–Crippen LogP) is 1.35. The lowest BCUT2D eigenvalue weighted by molar-refractivity contribution is 0.111. The van der Waals surface area contributed by atoms with E-state index in [0.29, 0.717) is 11.6 Å². The summed E-state index contributed by atoms with van der Waals surface area (Å²) in [4.78, 5) is 13.4. The number of hydrogen-bond donors (Lipinski definition) is 0. The Hall–Kier alpha value is -1.75. The van der Waals surface area contributed by atoms with Crippen LogP contribution in [-0.2, 0) is 0 Å². The van der Waals surface area contributed by atoms with Gasteiger partial charge >= 0.3 is 0 Å². The predicted molar refractivity (Wildman–Crippen MR) is 67.8 cm³/mol. The lowest BCUT2D eigenvalue weighted by atomic mass is 9.97. The van der Waals surface area contributed by atoms with E-state index >= 15 is 0 Å². The van der Waals surface area contributed by atoms with Gasteiger partial charge in [-0.3, -0.25) is 9.20 Å². The van der Waals surface area contributed by atoms with Gasteiger partial charge in [-0.2, -0.15) is 0 Å². The van der Waals surface area contributed by atoms with Crippen LogP contribution in [0.2, 0.25) is 0 Å². The minimum atomic E-state index is 0.361. The molecule has 1 aliphatic rings. The Balaban J connectivity index is 2.08. The first-order valence-electron chi connectivity index (χ1n) is 6.27. The summed E-state index contributed by atoms with van der Waals surface area (Å²) >= 11 is 0. The molecule has 0 radical (unpaired) electrons. The van der Waals surface area contributed by atoms with Gasteiger partial charge in [0.2, 0.25) is 0 Å². The number of carbonyl (C=O) groups is 1. The van der Waals surface area contributed by atoms with E-state index in [2.05, 4.69) is 22.1 Å². The molecule has 1 aliphatic heterocycles. The number of likely N-dealkylation sites (N-methyl/N-ethyl adjacent to an activating group) is 1. The quantitative estimate of drug-likeness (QED) is 0.748. The van der Waals surface area contributed by atoms with Crippen molar-refractivity contribution in [2.75, 3.05) is 20.1 Å². The Kier molecular flexibility index (Phi) is 2.83. The molecule has 2 aromatic heterocycles. The lowest BCUT2D eigenvalue weighted by Gasteiger charge is -2.28. The molecule has 0 amide bonds. The smallest absolute Gasteiger partial charge is 0.166 e. The third-order valence-corrected chi connectivity index (χ3v) is 3.59. The minimum absolute atomic E-state index is 0.361. The van der Waals surface area contributed by atoms with Crippen LogP contribution >= 0.6 is 0 Å². The second kappa shape index (κ2) is 4.49. The maximum atomic E-state index is 11.1. The van der Waals surface area contributed by atoms with E-state index in [0.717, 1.165) is 37.3 Å². The third-order valence-electron chi connectivity index (χ3n) is 3.59. The van der Waals surface area contributed by atoms with E-state index in [1.165, 1.54) is 6.42 Å². The summed E-state index contributed by atoms with van der Waals surface area (Å²) in [6.07, 6.45) is 3.14. The van der Waals surface area contributed by atoms with Crippen molar-refractivity contribution >= 4 is 11.9 Å². The SMILES string of the molecule is CN1CCCC(c2nnc3cccc(C=O)n23)C1. The van der Waals surface area contributed by atoms with Gasteiger partial charge in [0, 0.05) is 12.5 Å². The zero-order chi connectivity index (χ0) is 12.5. The number of pyridine rings is 1. The zero-order valence-electron chi connectivity index (χ0n) is 10.4. The molecule has 5 nitrogen and oxygen atoms in total. The summed E-state index contributed by atoms with van der Waals surface area (Å²) in [6, 6.07) is 5.53. The molecule has 0 bridgehead atoms. The van der Waals surface area contributed by atoms with Crippen LogP contribution in [0.3, 0.4) is 0 Å². The van der Waals surface area contributed by atoms with Crippen LogP contribution in [-0.4, -0.2) is 45.9 Å². The Morgan fingerprint density at radius 2 is 2.28 bits per heavy atom. The maximum absolute atomic E-state index is 11.1. The van der Waals surface area contributed by atoms with Crippen molar-refractivity contribution in [1.29, 1.82) is 0 Å². The van der Waals surface area contributed by atoms with E-state index in [1.54, 1.807) is 6.07 Å². The number of carbonyl (C=O) groups excluding carboxylic acids is 1. The number of rotatable bonds is 2. The number of piperidine rings is 1. The van der Waals surface area contributed by atoms with E-state index < -0.39 is 0 Å². The minimum Gasteiger partial charge on any atom is -0.306 e. The van der Waals surface area contributed by atoms with Crippen LogP contribution in [0.5, 0.6) is 0 Å². The van der Waals surface area contributed by atoms with Gasteiger partial charge in [-0.25, -0.2) is 0 Å². The summed E-state index contributed by atoms with van der Waals surface area (Å²) in [6.45, 7) is 2.11. The summed E-state index contributed by atoms with van der Waals surface area (Å²) in [7, 11) is 2.12. The van der Waals surface area contributed by atoms with Crippen molar-refractivity contribution in [2.24, 2.45) is 0 Å². The number of aromatic nitrogens is 3. The van der Waals surface area contributed by atoms with Gasteiger partial charge in [-0.1, -0.05) is 6.07 Å². The summed E-state index contributed by atoms with van der Waals surface area (Å²) < 4.78 is 1.89. The van der Waals surface area contributed by atoms with Gasteiger partial charge in [0.05, 0.1) is 5.69 Å². The number of hydrogen-bond acceptors (Lipinski definition) is 4. The largest absolute Gasteiger partial charge is 0.306 e. The average Bonchev–Trinajstić information content (AvgIpc) is 2.82. The highest BCUT2D eigenvalue weighted by Gasteiger charge is 2.24. The van der Waals surface area contributed by atoms with Gasteiger partial charge in [0.1, 0.15) is 5.82 Å².